The highest BCUT2D eigenvalue weighted by Gasteiger charge is 2.19. The van der Waals surface area contributed by atoms with Crippen LogP contribution in [0.25, 0.3) is 110 Å². The highest BCUT2D eigenvalue weighted by Crippen LogP contribution is 2.40. The Morgan fingerprint density at radius 1 is 0.448 bits per heavy atom. The van der Waals surface area contributed by atoms with E-state index in [-0.39, 0.29) is 0 Å². The smallest absolute Gasteiger partial charge is 0.164 e. The molecule has 3 aromatic heterocycles. The maximum Gasteiger partial charge on any atom is 0.164 e. The van der Waals surface area contributed by atoms with E-state index in [2.05, 4.69) is 168 Å². The average molecular weight is 759 g/mol. The van der Waals surface area contributed by atoms with E-state index in [1.54, 1.807) is 0 Å². The Morgan fingerprint density at radius 2 is 1.09 bits per heavy atom. The number of aryl methyl sites for hydroxylation is 1. The molecule has 12 rings (SSSR count). The van der Waals surface area contributed by atoms with E-state index in [4.69, 9.17) is 15.0 Å². The molecule has 1 aliphatic rings. The molecule has 11 aromatic rings. The minimum atomic E-state index is 0.650. The monoisotopic (exact) mass is 758 g/mol. The van der Waals surface area contributed by atoms with Crippen molar-refractivity contribution in [1.29, 1.82) is 0 Å². The Morgan fingerprint density at radius 3 is 1.90 bits per heavy atom. The first kappa shape index (κ1) is 33.0. The second-order valence-corrected chi connectivity index (χ2v) is 16.2. The van der Waals surface area contributed by atoms with E-state index in [1.165, 1.54) is 63.9 Å². The number of fused-ring (bicyclic) bond motifs is 9. The minimum absolute atomic E-state index is 0.650. The molecule has 0 spiro atoms. The summed E-state index contributed by atoms with van der Waals surface area (Å²) in [4.78, 5) is 15.1. The van der Waals surface area contributed by atoms with Crippen molar-refractivity contribution in [2.75, 3.05) is 0 Å². The fourth-order valence-electron chi connectivity index (χ4n) is 8.80. The second-order valence-electron chi connectivity index (χ2n) is 15.1. The Bertz CT molecular complexity index is 3430. The van der Waals surface area contributed by atoms with Crippen LogP contribution in [0, 0.1) is 0 Å². The summed E-state index contributed by atoms with van der Waals surface area (Å²) in [5.41, 5.74) is 11.6. The number of allylic oxidation sites excluding steroid dienone is 1. The van der Waals surface area contributed by atoms with Crippen molar-refractivity contribution in [3.05, 3.63) is 187 Å². The Kier molecular flexibility index (Phi) is 7.50. The summed E-state index contributed by atoms with van der Waals surface area (Å²) in [7, 11) is 0. The molecule has 0 atom stereocenters. The molecule has 0 N–H and O–H groups in total. The summed E-state index contributed by atoms with van der Waals surface area (Å²) < 4.78 is 5.00. The van der Waals surface area contributed by atoms with Gasteiger partial charge in [-0.3, -0.25) is 0 Å². The molecule has 272 valence electrons. The molecule has 0 saturated heterocycles. The van der Waals surface area contributed by atoms with Crippen molar-refractivity contribution in [2.24, 2.45) is 0 Å². The highest BCUT2D eigenvalue weighted by atomic mass is 32.1. The zero-order valence-corrected chi connectivity index (χ0v) is 32.2. The van der Waals surface area contributed by atoms with Crippen LogP contribution in [0.2, 0.25) is 0 Å². The van der Waals surface area contributed by atoms with Gasteiger partial charge in [0, 0.05) is 58.7 Å². The molecule has 4 nitrogen and oxygen atoms in total. The predicted molar refractivity (Wildman–Crippen MR) is 244 cm³/mol. The number of nitrogens with zero attached hydrogens (tertiary/aromatic N) is 4. The summed E-state index contributed by atoms with van der Waals surface area (Å²) in [6.45, 7) is 0. The molecule has 0 unspecified atom stereocenters. The summed E-state index contributed by atoms with van der Waals surface area (Å²) in [5, 5.41) is 7.60. The maximum atomic E-state index is 5.09. The Hall–Kier alpha value is -7.21. The van der Waals surface area contributed by atoms with Crippen LogP contribution in [-0.4, -0.2) is 19.5 Å². The van der Waals surface area contributed by atoms with Crippen molar-refractivity contribution in [3.8, 4) is 51.0 Å². The number of aromatic nitrogens is 4. The number of benzene rings is 8. The van der Waals surface area contributed by atoms with E-state index >= 15 is 0 Å². The number of hydrogen-bond acceptors (Lipinski definition) is 4. The average Bonchev–Trinajstić information content (AvgIpc) is 3.83. The summed E-state index contributed by atoms with van der Waals surface area (Å²) in [6.07, 6.45) is 6.77. The lowest BCUT2D eigenvalue weighted by Crippen LogP contribution is -2.00. The molecule has 0 bridgehead atoms. The van der Waals surface area contributed by atoms with E-state index in [9.17, 15) is 0 Å². The third kappa shape index (κ3) is 5.39. The third-order valence-electron chi connectivity index (χ3n) is 11.7. The lowest BCUT2D eigenvalue weighted by molar-refractivity contribution is 0.988. The van der Waals surface area contributed by atoms with Crippen molar-refractivity contribution in [3.63, 3.8) is 0 Å². The quantitative estimate of drug-likeness (QED) is 0.176. The fraction of sp³-hybridized carbons (Fsp3) is 0.0377. The molecule has 5 heteroatoms. The van der Waals surface area contributed by atoms with Gasteiger partial charge in [0.2, 0.25) is 0 Å². The third-order valence-corrected chi connectivity index (χ3v) is 12.8. The Balaban J connectivity index is 0.931. The van der Waals surface area contributed by atoms with Gasteiger partial charge in [-0.1, -0.05) is 133 Å². The van der Waals surface area contributed by atoms with Gasteiger partial charge in [-0.05, 0) is 89.0 Å². The molecule has 0 saturated carbocycles. The van der Waals surface area contributed by atoms with Gasteiger partial charge in [0.25, 0.3) is 0 Å². The molecule has 58 heavy (non-hydrogen) atoms. The van der Waals surface area contributed by atoms with Crippen molar-refractivity contribution >= 4 is 70.2 Å². The van der Waals surface area contributed by atoms with Gasteiger partial charge in [-0.25, -0.2) is 15.0 Å². The van der Waals surface area contributed by atoms with Gasteiger partial charge in [0.1, 0.15) is 0 Å². The van der Waals surface area contributed by atoms with E-state index in [0.29, 0.717) is 17.5 Å². The van der Waals surface area contributed by atoms with Gasteiger partial charge in [-0.2, -0.15) is 0 Å². The molecule has 3 heterocycles. The van der Waals surface area contributed by atoms with Crippen LogP contribution in [0.15, 0.2) is 176 Å². The topological polar surface area (TPSA) is 43.6 Å². The minimum Gasteiger partial charge on any atom is -0.309 e. The van der Waals surface area contributed by atoms with E-state index in [1.807, 2.05) is 29.5 Å². The lowest BCUT2D eigenvalue weighted by Gasteiger charge is -2.13. The molecule has 1 aliphatic carbocycles. The van der Waals surface area contributed by atoms with Crippen molar-refractivity contribution in [2.45, 2.75) is 12.8 Å². The molecule has 0 fully saturated rings. The lowest BCUT2D eigenvalue weighted by atomic mass is 9.95. The standard InChI is InChI=1S/C53H34N4S/c1-2-11-36(12-3-1)51-54-52(56-53(55-51)40-25-29-49-46(31-40)43-16-8-9-17-48(43)58-49)37-20-18-33(19-21-37)34-22-26-41(27-23-34)57-47-32-39-14-5-4-13-38(39)30-45(47)44-28-24-35-10-6-7-15-42(35)50(44)57/h1-3,5-12,14-32H,4,13H2. The zero-order chi connectivity index (χ0) is 38.2. The van der Waals surface area contributed by atoms with Gasteiger partial charge in [0.15, 0.2) is 17.5 Å². The summed E-state index contributed by atoms with van der Waals surface area (Å²) in [6, 6.07) is 61.0. The summed E-state index contributed by atoms with van der Waals surface area (Å²) in [5.74, 6) is 1.97. The first-order valence-corrected chi connectivity index (χ1v) is 20.6. The summed E-state index contributed by atoms with van der Waals surface area (Å²) >= 11 is 1.81. The SMILES string of the molecule is C1=Cc2cc3c(cc2CC1)c1ccc2ccccc2c1n3-c1ccc(-c2ccc(-c3nc(-c4ccccc4)nc(-c4ccc5sc6ccccc6c5c4)n3)cc2)cc1. The molecular weight excluding hydrogens is 725 g/mol. The first-order chi connectivity index (χ1) is 28.7. The van der Waals surface area contributed by atoms with Crippen LogP contribution in [-0.2, 0) is 6.42 Å². The van der Waals surface area contributed by atoms with Gasteiger partial charge in [0.05, 0.1) is 11.0 Å². The highest BCUT2D eigenvalue weighted by molar-refractivity contribution is 7.25. The van der Waals surface area contributed by atoms with Crippen LogP contribution < -0.4 is 0 Å². The van der Waals surface area contributed by atoms with Gasteiger partial charge in [-0.15, -0.1) is 11.3 Å². The largest absolute Gasteiger partial charge is 0.309 e. The van der Waals surface area contributed by atoms with Crippen molar-refractivity contribution < 1.29 is 0 Å². The normalized spacial score (nSPS) is 12.6. The molecule has 0 radical (unpaired) electrons. The van der Waals surface area contributed by atoms with Crippen molar-refractivity contribution in [1.82, 2.24) is 19.5 Å². The van der Waals surface area contributed by atoms with Crippen LogP contribution in [0.4, 0.5) is 0 Å². The van der Waals surface area contributed by atoms with Gasteiger partial charge < -0.3 is 4.57 Å². The molecule has 8 aromatic carbocycles. The zero-order valence-electron chi connectivity index (χ0n) is 31.4. The molecular formula is C53H34N4S. The van der Waals surface area contributed by atoms with Gasteiger partial charge >= 0.3 is 0 Å². The van der Waals surface area contributed by atoms with Crippen LogP contribution >= 0.6 is 11.3 Å². The number of thiophene rings is 1. The molecule has 0 aliphatic heterocycles. The predicted octanol–water partition coefficient (Wildman–Crippen LogP) is 14.1. The maximum absolute atomic E-state index is 5.09. The fourth-order valence-corrected chi connectivity index (χ4v) is 9.89. The van der Waals surface area contributed by atoms with E-state index < -0.39 is 0 Å². The second kappa shape index (κ2) is 13.2. The number of hydrogen-bond donors (Lipinski definition) is 0. The molecule has 0 amide bonds. The van der Waals surface area contributed by atoms with Crippen LogP contribution in [0.1, 0.15) is 17.5 Å². The van der Waals surface area contributed by atoms with E-state index in [0.717, 1.165) is 46.3 Å². The van der Waals surface area contributed by atoms with Crippen LogP contribution in [0.3, 0.4) is 0 Å². The van der Waals surface area contributed by atoms with Crippen LogP contribution in [0.5, 0.6) is 0 Å². The first-order valence-electron chi connectivity index (χ1n) is 19.8. The Labute approximate surface area is 339 Å². The number of rotatable bonds is 5.